The lowest BCUT2D eigenvalue weighted by Gasteiger charge is -2.12. The summed E-state index contributed by atoms with van der Waals surface area (Å²) in [6, 6.07) is 11.5. The van der Waals surface area contributed by atoms with E-state index in [2.05, 4.69) is 35.1 Å². The van der Waals surface area contributed by atoms with Crippen molar-refractivity contribution in [3.05, 3.63) is 56.5 Å². The average molecular weight is 389 g/mol. The zero-order valence-electron chi connectivity index (χ0n) is 11.8. The molecule has 2 aromatic carbocycles. The summed E-state index contributed by atoms with van der Waals surface area (Å²) in [4.78, 5) is 0. The molecule has 1 N–H and O–H groups in total. The number of halogens is 3. The summed E-state index contributed by atoms with van der Waals surface area (Å²) in [5.41, 5.74) is 1.18. The van der Waals surface area contributed by atoms with Gasteiger partial charge in [0.2, 0.25) is 0 Å². The number of rotatable bonds is 5. The van der Waals surface area contributed by atoms with Crippen molar-refractivity contribution in [3.63, 3.8) is 0 Å². The maximum Gasteiger partial charge on any atom is 0.146 e. The molecule has 5 heteroatoms. The Morgan fingerprint density at radius 3 is 2.52 bits per heavy atom. The molecule has 0 heterocycles. The molecule has 0 saturated carbocycles. The molecule has 0 bridgehead atoms. The van der Waals surface area contributed by atoms with Crippen molar-refractivity contribution < 1.29 is 4.74 Å². The van der Waals surface area contributed by atoms with Crippen molar-refractivity contribution in [1.82, 2.24) is 5.32 Å². The van der Waals surface area contributed by atoms with Gasteiger partial charge in [-0.15, -0.1) is 0 Å². The van der Waals surface area contributed by atoms with E-state index in [1.165, 1.54) is 5.56 Å². The van der Waals surface area contributed by atoms with Crippen LogP contribution >= 0.6 is 39.1 Å². The van der Waals surface area contributed by atoms with E-state index < -0.39 is 0 Å². The summed E-state index contributed by atoms with van der Waals surface area (Å²) in [6.07, 6.45) is 0. The van der Waals surface area contributed by atoms with Crippen LogP contribution in [0.15, 0.2) is 40.9 Å². The second-order valence-electron chi connectivity index (χ2n) is 4.97. The molecule has 0 saturated heterocycles. The molecule has 112 valence electrons. The summed E-state index contributed by atoms with van der Waals surface area (Å²) >= 11 is 15.5. The minimum absolute atomic E-state index is 0.445. The first kappa shape index (κ1) is 16.6. The van der Waals surface area contributed by atoms with Crippen LogP contribution in [0.4, 0.5) is 0 Å². The molecule has 0 spiro atoms. The van der Waals surface area contributed by atoms with Crippen molar-refractivity contribution in [3.8, 4) is 11.5 Å². The third kappa shape index (κ3) is 4.89. The van der Waals surface area contributed by atoms with Crippen LogP contribution in [0.25, 0.3) is 0 Å². The molecule has 0 aliphatic heterocycles. The van der Waals surface area contributed by atoms with E-state index >= 15 is 0 Å². The number of hydrogen-bond acceptors (Lipinski definition) is 2. The Labute approximate surface area is 143 Å². The number of hydrogen-bond donors (Lipinski definition) is 1. The zero-order chi connectivity index (χ0) is 15.4. The van der Waals surface area contributed by atoms with Crippen molar-refractivity contribution in [2.24, 2.45) is 0 Å². The molecule has 0 radical (unpaired) electrons. The summed E-state index contributed by atoms with van der Waals surface area (Å²) in [6.45, 7) is 5.04. The Morgan fingerprint density at radius 2 is 1.90 bits per heavy atom. The molecule has 0 fully saturated rings. The first-order valence-corrected chi connectivity index (χ1v) is 8.15. The average Bonchev–Trinajstić information content (AvgIpc) is 2.41. The minimum Gasteiger partial charge on any atom is -0.456 e. The van der Waals surface area contributed by atoms with Gasteiger partial charge in [-0.1, -0.05) is 59.0 Å². The van der Waals surface area contributed by atoms with Gasteiger partial charge < -0.3 is 10.1 Å². The normalized spacial score (nSPS) is 11.0. The molecule has 0 atom stereocenters. The Kier molecular flexibility index (Phi) is 5.94. The van der Waals surface area contributed by atoms with Gasteiger partial charge in [0.15, 0.2) is 0 Å². The van der Waals surface area contributed by atoms with Gasteiger partial charge in [-0.2, -0.15) is 0 Å². The summed E-state index contributed by atoms with van der Waals surface area (Å²) in [5, 5.41) is 4.46. The van der Waals surface area contributed by atoms with E-state index in [1.807, 2.05) is 18.2 Å². The lowest BCUT2D eigenvalue weighted by Crippen LogP contribution is -2.21. The minimum atomic E-state index is 0.445. The van der Waals surface area contributed by atoms with E-state index in [0.717, 1.165) is 16.8 Å². The maximum atomic E-state index is 6.10. The number of nitrogens with one attached hydrogen (secondary N) is 1. The maximum absolute atomic E-state index is 6.10. The third-order valence-corrected chi connectivity index (χ3v) is 4.12. The molecular weight excluding hydrogens is 373 g/mol. The largest absolute Gasteiger partial charge is 0.456 e. The Balaban J connectivity index is 2.12. The molecule has 0 aliphatic carbocycles. The van der Waals surface area contributed by atoms with Gasteiger partial charge in [-0.05, 0) is 35.9 Å². The first-order valence-electron chi connectivity index (χ1n) is 6.60. The Morgan fingerprint density at radius 1 is 1.14 bits per heavy atom. The molecule has 2 rings (SSSR count). The lowest BCUT2D eigenvalue weighted by molar-refractivity contribution is 0.482. The molecule has 0 unspecified atom stereocenters. The van der Waals surface area contributed by atoms with Crippen LogP contribution in [0.5, 0.6) is 11.5 Å². The molecule has 0 amide bonds. The number of ether oxygens (including phenoxy) is 1. The Bertz CT molecular complexity index is 632. The van der Waals surface area contributed by atoms with Crippen LogP contribution < -0.4 is 10.1 Å². The van der Waals surface area contributed by atoms with Crippen LogP contribution in [0, 0.1) is 0 Å². The van der Waals surface area contributed by atoms with E-state index in [1.54, 1.807) is 18.2 Å². The molecule has 2 aromatic rings. The lowest BCUT2D eigenvalue weighted by atomic mass is 10.2. The van der Waals surface area contributed by atoms with Crippen molar-refractivity contribution >= 4 is 39.1 Å². The van der Waals surface area contributed by atoms with Gasteiger partial charge in [0.05, 0.1) is 5.02 Å². The van der Waals surface area contributed by atoms with Crippen molar-refractivity contribution in [1.29, 1.82) is 0 Å². The van der Waals surface area contributed by atoms with Gasteiger partial charge in [0.1, 0.15) is 11.5 Å². The second-order valence-corrected chi connectivity index (χ2v) is 6.66. The molecule has 21 heavy (non-hydrogen) atoms. The van der Waals surface area contributed by atoms with Gasteiger partial charge in [0, 0.05) is 22.1 Å². The van der Waals surface area contributed by atoms with E-state index in [0.29, 0.717) is 21.8 Å². The highest BCUT2D eigenvalue weighted by Crippen LogP contribution is 2.33. The van der Waals surface area contributed by atoms with Crippen molar-refractivity contribution in [2.45, 2.75) is 26.4 Å². The molecule has 0 aliphatic rings. The summed E-state index contributed by atoms with van der Waals surface area (Å²) in [7, 11) is 0. The number of benzene rings is 2. The van der Waals surface area contributed by atoms with Gasteiger partial charge in [-0.3, -0.25) is 0 Å². The fourth-order valence-corrected chi connectivity index (χ4v) is 2.68. The Hall–Kier alpha value is -0.740. The van der Waals surface area contributed by atoms with E-state index in [-0.39, 0.29) is 0 Å². The van der Waals surface area contributed by atoms with E-state index in [9.17, 15) is 0 Å². The van der Waals surface area contributed by atoms with Crippen LogP contribution in [-0.4, -0.2) is 6.04 Å². The molecular formula is C16H16BrCl2NO. The fourth-order valence-electron chi connectivity index (χ4n) is 1.73. The van der Waals surface area contributed by atoms with Crippen LogP contribution in [0.2, 0.25) is 10.0 Å². The van der Waals surface area contributed by atoms with Crippen LogP contribution in [0.1, 0.15) is 19.4 Å². The molecule has 2 nitrogen and oxygen atoms in total. The van der Waals surface area contributed by atoms with Gasteiger partial charge >= 0.3 is 0 Å². The smallest absolute Gasteiger partial charge is 0.146 e. The zero-order valence-corrected chi connectivity index (χ0v) is 14.9. The quantitative estimate of drug-likeness (QED) is 0.673. The highest BCUT2D eigenvalue weighted by molar-refractivity contribution is 9.10. The predicted octanol–water partition coefficient (Wildman–Crippen LogP) is 6.05. The standard InChI is InChI=1S/C16H16BrCl2NO/c1-10(2)20-9-11-3-5-13(8-14(11)17)21-16-6-4-12(18)7-15(16)19/h3-8,10,20H,9H2,1-2H3. The second kappa shape index (κ2) is 7.50. The highest BCUT2D eigenvalue weighted by Gasteiger charge is 2.07. The predicted molar refractivity (Wildman–Crippen MR) is 92.7 cm³/mol. The first-order chi connectivity index (χ1) is 9.95. The summed E-state index contributed by atoms with van der Waals surface area (Å²) < 4.78 is 6.78. The monoisotopic (exact) mass is 387 g/mol. The topological polar surface area (TPSA) is 21.3 Å². The van der Waals surface area contributed by atoms with Gasteiger partial charge in [-0.25, -0.2) is 0 Å². The molecule has 0 aromatic heterocycles. The van der Waals surface area contributed by atoms with Crippen LogP contribution in [0.3, 0.4) is 0 Å². The fraction of sp³-hybridized carbons (Fsp3) is 0.250. The summed E-state index contributed by atoms with van der Waals surface area (Å²) in [5.74, 6) is 1.31. The third-order valence-electron chi connectivity index (χ3n) is 2.85. The van der Waals surface area contributed by atoms with E-state index in [4.69, 9.17) is 27.9 Å². The highest BCUT2D eigenvalue weighted by atomic mass is 79.9. The van der Waals surface area contributed by atoms with Gasteiger partial charge in [0.25, 0.3) is 0 Å². The van der Waals surface area contributed by atoms with Crippen LogP contribution in [-0.2, 0) is 6.54 Å². The SMILES string of the molecule is CC(C)NCc1ccc(Oc2ccc(Cl)cc2Cl)cc1Br. The van der Waals surface area contributed by atoms with Crippen molar-refractivity contribution in [2.75, 3.05) is 0 Å².